The van der Waals surface area contributed by atoms with Crippen LogP contribution >= 0.6 is 22.9 Å². The molecule has 0 atom stereocenters. The maximum atomic E-state index is 12.5. The van der Waals surface area contributed by atoms with Crippen LogP contribution < -0.4 is 10.6 Å². The van der Waals surface area contributed by atoms with E-state index < -0.39 is 0 Å². The minimum Gasteiger partial charge on any atom is -0.384 e. The Bertz CT molecular complexity index is 723. The van der Waals surface area contributed by atoms with E-state index in [-0.39, 0.29) is 11.3 Å². The lowest BCUT2D eigenvalue weighted by atomic mass is 9.79. The van der Waals surface area contributed by atoms with Crippen molar-refractivity contribution in [3.05, 3.63) is 40.4 Å². The first-order valence-electron chi connectivity index (χ1n) is 8.31. The predicted octanol–water partition coefficient (Wildman–Crippen LogP) is 3.21. The lowest BCUT2D eigenvalue weighted by Crippen LogP contribution is -2.47. The molecule has 5 nitrogen and oxygen atoms in total. The van der Waals surface area contributed by atoms with Crippen molar-refractivity contribution in [2.45, 2.75) is 12.8 Å². The molecular formula is C18H22ClN3O2S. The van der Waals surface area contributed by atoms with Gasteiger partial charge in [0.2, 0.25) is 0 Å². The fourth-order valence-corrected chi connectivity index (χ4v) is 4.11. The number of hydrogen-bond donors (Lipinski definition) is 2. The van der Waals surface area contributed by atoms with Crippen molar-refractivity contribution < 1.29 is 9.53 Å². The van der Waals surface area contributed by atoms with Crippen molar-refractivity contribution in [2.24, 2.45) is 5.41 Å². The van der Waals surface area contributed by atoms with E-state index in [2.05, 4.69) is 15.6 Å². The van der Waals surface area contributed by atoms with Crippen molar-refractivity contribution in [1.29, 1.82) is 0 Å². The number of piperidine rings is 1. The summed E-state index contributed by atoms with van der Waals surface area (Å²) in [6.07, 6.45) is 1.98. The molecule has 1 saturated heterocycles. The molecule has 2 aromatic rings. The van der Waals surface area contributed by atoms with Crippen molar-refractivity contribution >= 4 is 28.8 Å². The zero-order valence-corrected chi connectivity index (χ0v) is 15.8. The molecule has 2 heterocycles. The second kappa shape index (κ2) is 8.27. The van der Waals surface area contributed by atoms with Crippen LogP contribution in [0.3, 0.4) is 0 Å². The molecule has 0 radical (unpaired) electrons. The molecule has 1 aliphatic rings. The molecule has 0 bridgehead atoms. The molecule has 0 saturated carbocycles. The maximum Gasteiger partial charge on any atom is 0.270 e. The first kappa shape index (κ1) is 18.3. The summed E-state index contributed by atoms with van der Waals surface area (Å²) in [6, 6.07) is 7.49. The van der Waals surface area contributed by atoms with Crippen LogP contribution in [0.4, 0.5) is 0 Å². The molecular weight excluding hydrogens is 358 g/mol. The van der Waals surface area contributed by atoms with Gasteiger partial charge in [-0.25, -0.2) is 4.98 Å². The van der Waals surface area contributed by atoms with Crippen LogP contribution in [0.1, 0.15) is 23.3 Å². The Morgan fingerprint density at radius 1 is 1.44 bits per heavy atom. The Morgan fingerprint density at radius 2 is 2.24 bits per heavy atom. The summed E-state index contributed by atoms with van der Waals surface area (Å²) in [6.45, 7) is 3.16. The average Bonchev–Trinajstić information content (AvgIpc) is 3.11. The second-order valence-corrected chi connectivity index (χ2v) is 7.71. The van der Waals surface area contributed by atoms with Gasteiger partial charge in [0.05, 0.1) is 6.61 Å². The van der Waals surface area contributed by atoms with Gasteiger partial charge in [0.1, 0.15) is 10.7 Å². The number of rotatable bonds is 6. The molecule has 134 valence electrons. The van der Waals surface area contributed by atoms with Gasteiger partial charge >= 0.3 is 0 Å². The fourth-order valence-electron chi connectivity index (χ4n) is 3.13. The van der Waals surface area contributed by atoms with Crippen LogP contribution in [0, 0.1) is 5.41 Å². The average molecular weight is 380 g/mol. The van der Waals surface area contributed by atoms with Gasteiger partial charge < -0.3 is 15.4 Å². The smallest absolute Gasteiger partial charge is 0.270 e. The Morgan fingerprint density at radius 3 is 2.96 bits per heavy atom. The molecule has 25 heavy (non-hydrogen) atoms. The van der Waals surface area contributed by atoms with Gasteiger partial charge in [-0.2, -0.15) is 0 Å². The molecule has 1 aliphatic heterocycles. The van der Waals surface area contributed by atoms with E-state index in [0.29, 0.717) is 23.9 Å². The summed E-state index contributed by atoms with van der Waals surface area (Å²) in [4.78, 5) is 17.0. The van der Waals surface area contributed by atoms with Crippen LogP contribution in [-0.4, -0.2) is 44.2 Å². The third-order valence-electron chi connectivity index (χ3n) is 4.55. The van der Waals surface area contributed by atoms with Gasteiger partial charge in [0.15, 0.2) is 0 Å². The molecule has 0 unspecified atom stereocenters. The number of carbonyl (C=O) groups excluding carboxylic acids is 1. The lowest BCUT2D eigenvalue weighted by Gasteiger charge is -2.37. The fraction of sp³-hybridized carbons (Fsp3) is 0.444. The first-order valence-corrected chi connectivity index (χ1v) is 9.57. The van der Waals surface area contributed by atoms with E-state index >= 15 is 0 Å². The molecule has 1 fully saturated rings. The quantitative estimate of drug-likeness (QED) is 0.809. The SMILES string of the molecule is COCC1(CNC(=O)c2csc(-c3cccc(Cl)c3)n2)CCNCC1. The summed E-state index contributed by atoms with van der Waals surface area (Å²) in [5.74, 6) is -0.140. The standard InChI is InChI=1S/C18H22ClN3O2S/c1-24-12-18(5-7-20-8-6-18)11-21-16(23)15-10-25-17(22-15)13-3-2-4-14(19)9-13/h2-4,9-10,20H,5-8,11-12H2,1H3,(H,21,23). The van der Waals surface area contributed by atoms with E-state index in [0.717, 1.165) is 36.5 Å². The molecule has 1 aromatic carbocycles. The minimum absolute atomic E-state index is 0.00146. The highest BCUT2D eigenvalue weighted by molar-refractivity contribution is 7.13. The zero-order chi connectivity index (χ0) is 17.7. The van der Waals surface area contributed by atoms with Gasteiger partial charge in [-0.1, -0.05) is 23.7 Å². The van der Waals surface area contributed by atoms with E-state index in [1.165, 1.54) is 11.3 Å². The number of hydrogen-bond acceptors (Lipinski definition) is 5. The van der Waals surface area contributed by atoms with Crippen LogP contribution in [0.5, 0.6) is 0 Å². The number of benzene rings is 1. The highest BCUT2D eigenvalue weighted by atomic mass is 35.5. The van der Waals surface area contributed by atoms with Crippen LogP contribution in [0.25, 0.3) is 10.6 Å². The molecule has 7 heteroatoms. The summed E-state index contributed by atoms with van der Waals surface area (Å²) in [5, 5.41) is 9.64. The number of carbonyl (C=O) groups is 1. The number of nitrogens with zero attached hydrogens (tertiary/aromatic N) is 1. The summed E-state index contributed by atoms with van der Waals surface area (Å²) in [7, 11) is 1.71. The van der Waals surface area contributed by atoms with Crippen molar-refractivity contribution in [3.63, 3.8) is 0 Å². The van der Waals surface area contributed by atoms with Crippen molar-refractivity contribution in [1.82, 2.24) is 15.6 Å². The number of halogens is 1. The Hall–Kier alpha value is -1.47. The number of methoxy groups -OCH3 is 1. The topological polar surface area (TPSA) is 63.2 Å². The molecule has 1 aromatic heterocycles. The van der Waals surface area contributed by atoms with Crippen LogP contribution in [0.2, 0.25) is 5.02 Å². The third kappa shape index (κ3) is 4.58. The van der Waals surface area contributed by atoms with E-state index in [1.807, 2.05) is 24.3 Å². The van der Waals surface area contributed by atoms with E-state index in [1.54, 1.807) is 12.5 Å². The Balaban J connectivity index is 1.65. The van der Waals surface area contributed by atoms with Gasteiger partial charge in [-0.05, 0) is 38.1 Å². The maximum absolute atomic E-state index is 12.5. The lowest BCUT2D eigenvalue weighted by molar-refractivity contribution is 0.0511. The number of nitrogens with one attached hydrogen (secondary N) is 2. The summed E-state index contributed by atoms with van der Waals surface area (Å²) >= 11 is 7.47. The van der Waals surface area contributed by atoms with Gasteiger partial charge in [-0.3, -0.25) is 4.79 Å². The highest BCUT2D eigenvalue weighted by Gasteiger charge is 2.32. The Labute approximate surface area is 156 Å². The molecule has 2 N–H and O–H groups in total. The normalized spacial score (nSPS) is 16.6. The van der Waals surface area contributed by atoms with E-state index in [9.17, 15) is 4.79 Å². The molecule has 0 spiro atoms. The van der Waals surface area contributed by atoms with E-state index in [4.69, 9.17) is 16.3 Å². The van der Waals surface area contributed by atoms with Gasteiger partial charge in [-0.15, -0.1) is 11.3 Å². The molecule has 3 rings (SSSR count). The molecule has 0 aliphatic carbocycles. The monoisotopic (exact) mass is 379 g/mol. The largest absolute Gasteiger partial charge is 0.384 e. The molecule has 1 amide bonds. The zero-order valence-electron chi connectivity index (χ0n) is 14.2. The summed E-state index contributed by atoms with van der Waals surface area (Å²) in [5.41, 5.74) is 1.37. The second-order valence-electron chi connectivity index (χ2n) is 6.41. The minimum atomic E-state index is -0.140. The first-order chi connectivity index (χ1) is 12.1. The highest BCUT2D eigenvalue weighted by Crippen LogP contribution is 2.29. The Kier molecular flexibility index (Phi) is 6.06. The predicted molar refractivity (Wildman–Crippen MR) is 101 cm³/mol. The number of ether oxygens (including phenoxy) is 1. The number of thiazole rings is 1. The summed E-state index contributed by atoms with van der Waals surface area (Å²) < 4.78 is 5.39. The number of aromatic nitrogens is 1. The number of amides is 1. The third-order valence-corrected chi connectivity index (χ3v) is 5.67. The van der Waals surface area contributed by atoms with Crippen molar-refractivity contribution in [2.75, 3.05) is 33.4 Å². The van der Waals surface area contributed by atoms with Crippen LogP contribution in [-0.2, 0) is 4.74 Å². The van der Waals surface area contributed by atoms with Crippen molar-refractivity contribution in [3.8, 4) is 10.6 Å². The van der Waals surface area contributed by atoms with Crippen LogP contribution in [0.15, 0.2) is 29.6 Å². The van der Waals surface area contributed by atoms with Gasteiger partial charge in [0, 0.05) is 35.0 Å². The van der Waals surface area contributed by atoms with Gasteiger partial charge in [0.25, 0.3) is 5.91 Å².